The number of ether oxygens (including phenoxy) is 1. The van der Waals surface area contributed by atoms with Crippen LogP contribution in [0.1, 0.15) is 34.1 Å². The summed E-state index contributed by atoms with van der Waals surface area (Å²) >= 11 is 0. The Morgan fingerprint density at radius 3 is 2.42 bits per heavy atom. The summed E-state index contributed by atoms with van der Waals surface area (Å²) in [5.41, 5.74) is 1.74. The first-order valence-electron chi connectivity index (χ1n) is 6.81. The summed E-state index contributed by atoms with van der Waals surface area (Å²) < 4.78 is 5.78. The Kier molecular flexibility index (Phi) is 9.73. The molecule has 0 aliphatic carbocycles. The molecule has 0 aliphatic rings. The van der Waals surface area contributed by atoms with Gasteiger partial charge in [-0.2, -0.15) is 0 Å². The Morgan fingerprint density at radius 2 is 1.89 bits per heavy atom. The number of nitrogens with zero attached hydrogens (tertiary/aromatic N) is 1. The molecule has 0 saturated heterocycles. The number of hydrogen-bond acceptors (Lipinski definition) is 2. The average Bonchev–Trinajstić information content (AvgIpc) is 2.37. The van der Waals surface area contributed by atoms with Crippen molar-refractivity contribution in [2.75, 3.05) is 6.61 Å². The minimum Gasteiger partial charge on any atom is -0.369 e. The molecule has 19 heavy (non-hydrogen) atoms. The lowest BCUT2D eigenvalue weighted by molar-refractivity contribution is 0.111. The number of hydrogen-bond donors (Lipinski definition) is 0. The third-order valence-electron chi connectivity index (χ3n) is 2.40. The smallest absolute Gasteiger partial charge is 0.100 e. The van der Waals surface area contributed by atoms with Crippen LogP contribution in [0.3, 0.4) is 0 Å². The molecular weight excluding hydrogens is 234 g/mol. The van der Waals surface area contributed by atoms with Crippen molar-refractivity contribution in [1.82, 2.24) is 0 Å². The summed E-state index contributed by atoms with van der Waals surface area (Å²) in [5.74, 6) is 0.551. The molecule has 0 N–H and O–H groups in total. The highest BCUT2D eigenvalue weighted by molar-refractivity contribution is 5.33. The molecule has 1 atom stereocenters. The van der Waals surface area contributed by atoms with E-state index in [0.717, 1.165) is 24.3 Å². The number of rotatable bonds is 9. The van der Waals surface area contributed by atoms with Crippen molar-refractivity contribution in [2.45, 2.75) is 40.2 Å². The highest BCUT2D eigenvalue weighted by atomic mass is 16.5. The zero-order valence-corrected chi connectivity index (χ0v) is 12.7. The SMILES string of the molecule is C=N/C(C)=C\C(=C)C(/C=C/C=C\C(C)C)OCCC. The Labute approximate surface area is 118 Å². The van der Waals surface area contributed by atoms with Gasteiger partial charge in [-0.25, -0.2) is 0 Å². The van der Waals surface area contributed by atoms with Gasteiger partial charge in [0, 0.05) is 12.3 Å². The minimum atomic E-state index is -0.103. The Hall–Kier alpha value is -1.41. The van der Waals surface area contributed by atoms with Crippen LogP contribution in [0.25, 0.3) is 0 Å². The van der Waals surface area contributed by atoms with Crippen molar-refractivity contribution in [3.8, 4) is 0 Å². The van der Waals surface area contributed by atoms with Gasteiger partial charge in [-0.3, -0.25) is 4.99 Å². The van der Waals surface area contributed by atoms with Gasteiger partial charge in [-0.15, -0.1) is 0 Å². The quantitative estimate of drug-likeness (QED) is 0.435. The summed E-state index contributed by atoms with van der Waals surface area (Å²) in [4.78, 5) is 3.87. The van der Waals surface area contributed by atoms with Crippen molar-refractivity contribution >= 4 is 6.72 Å². The summed E-state index contributed by atoms with van der Waals surface area (Å²) in [6.45, 7) is 16.6. The van der Waals surface area contributed by atoms with E-state index in [-0.39, 0.29) is 6.10 Å². The van der Waals surface area contributed by atoms with Gasteiger partial charge >= 0.3 is 0 Å². The van der Waals surface area contributed by atoms with Gasteiger partial charge in [0.2, 0.25) is 0 Å². The van der Waals surface area contributed by atoms with Crippen LogP contribution in [0.2, 0.25) is 0 Å². The van der Waals surface area contributed by atoms with Crippen LogP contribution in [0.5, 0.6) is 0 Å². The molecule has 2 nitrogen and oxygen atoms in total. The number of aliphatic imine (C=N–C) groups is 1. The topological polar surface area (TPSA) is 21.6 Å². The van der Waals surface area contributed by atoms with Gasteiger partial charge in [0.1, 0.15) is 6.10 Å². The minimum absolute atomic E-state index is 0.103. The second-order valence-corrected chi connectivity index (χ2v) is 4.82. The molecule has 106 valence electrons. The summed E-state index contributed by atoms with van der Waals surface area (Å²) in [6.07, 6.45) is 11.0. The van der Waals surface area contributed by atoms with Crippen LogP contribution in [-0.2, 0) is 4.74 Å². The lowest BCUT2D eigenvalue weighted by Crippen LogP contribution is -2.12. The van der Waals surface area contributed by atoms with E-state index in [2.05, 4.69) is 45.1 Å². The highest BCUT2D eigenvalue weighted by Gasteiger charge is 2.07. The molecule has 0 spiro atoms. The second-order valence-electron chi connectivity index (χ2n) is 4.82. The van der Waals surface area contributed by atoms with Crippen LogP contribution in [-0.4, -0.2) is 19.4 Å². The third kappa shape index (κ3) is 9.20. The van der Waals surface area contributed by atoms with Crippen LogP contribution >= 0.6 is 0 Å². The Balaban J connectivity index is 4.71. The van der Waals surface area contributed by atoms with E-state index in [1.165, 1.54) is 0 Å². The van der Waals surface area contributed by atoms with Crippen LogP contribution in [0.4, 0.5) is 0 Å². The lowest BCUT2D eigenvalue weighted by atomic mass is 10.1. The van der Waals surface area contributed by atoms with Gasteiger partial charge in [0.15, 0.2) is 0 Å². The van der Waals surface area contributed by atoms with Crippen molar-refractivity contribution in [3.63, 3.8) is 0 Å². The molecule has 0 amide bonds. The summed E-state index contributed by atoms with van der Waals surface area (Å²) in [6, 6.07) is 0. The molecule has 0 fully saturated rings. The average molecular weight is 261 g/mol. The third-order valence-corrected chi connectivity index (χ3v) is 2.40. The van der Waals surface area contributed by atoms with Crippen molar-refractivity contribution < 1.29 is 4.74 Å². The van der Waals surface area contributed by atoms with Gasteiger partial charge in [0.05, 0.1) is 0 Å². The Morgan fingerprint density at radius 1 is 1.26 bits per heavy atom. The lowest BCUT2D eigenvalue weighted by Gasteiger charge is -2.14. The predicted molar refractivity (Wildman–Crippen MR) is 85.6 cm³/mol. The molecule has 0 aromatic rings. The molecule has 0 heterocycles. The van der Waals surface area contributed by atoms with Gasteiger partial charge in [-0.1, -0.05) is 51.7 Å². The van der Waals surface area contributed by atoms with Crippen molar-refractivity contribution in [1.29, 1.82) is 0 Å². The van der Waals surface area contributed by atoms with Gasteiger partial charge in [0.25, 0.3) is 0 Å². The maximum Gasteiger partial charge on any atom is 0.100 e. The fourth-order valence-electron chi connectivity index (χ4n) is 1.38. The molecule has 0 aromatic heterocycles. The fraction of sp³-hybridized carbons (Fsp3) is 0.471. The molecule has 0 aromatic carbocycles. The summed E-state index contributed by atoms with van der Waals surface area (Å²) in [5, 5.41) is 0. The monoisotopic (exact) mass is 261 g/mol. The first-order valence-corrected chi connectivity index (χ1v) is 6.81. The highest BCUT2D eigenvalue weighted by Crippen LogP contribution is 2.12. The van der Waals surface area contributed by atoms with Crippen LogP contribution < -0.4 is 0 Å². The van der Waals surface area contributed by atoms with Gasteiger partial charge in [-0.05, 0) is 37.6 Å². The number of allylic oxidation sites excluding steroid dienone is 4. The van der Waals surface area contributed by atoms with E-state index >= 15 is 0 Å². The maximum absolute atomic E-state index is 5.78. The molecule has 0 rings (SSSR count). The molecule has 0 bridgehead atoms. The first-order chi connectivity index (χ1) is 9.01. The van der Waals surface area contributed by atoms with Crippen molar-refractivity contribution in [2.24, 2.45) is 10.9 Å². The van der Waals surface area contributed by atoms with Crippen LogP contribution in [0, 0.1) is 5.92 Å². The normalized spacial score (nSPS) is 14.5. The molecular formula is C17H27NO. The van der Waals surface area contributed by atoms with E-state index in [4.69, 9.17) is 4.74 Å². The summed E-state index contributed by atoms with van der Waals surface area (Å²) in [7, 11) is 0. The van der Waals surface area contributed by atoms with E-state index in [1.54, 1.807) is 0 Å². The largest absolute Gasteiger partial charge is 0.369 e. The fourth-order valence-corrected chi connectivity index (χ4v) is 1.38. The molecule has 0 saturated carbocycles. The van der Waals surface area contributed by atoms with E-state index < -0.39 is 0 Å². The van der Waals surface area contributed by atoms with Gasteiger partial charge < -0.3 is 4.74 Å². The van der Waals surface area contributed by atoms with E-state index in [9.17, 15) is 0 Å². The van der Waals surface area contributed by atoms with E-state index in [0.29, 0.717) is 5.92 Å². The first kappa shape index (κ1) is 17.6. The molecule has 0 radical (unpaired) electrons. The molecule has 1 unspecified atom stereocenters. The van der Waals surface area contributed by atoms with E-state index in [1.807, 2.05) is 31.2 Å². The molecule has 2 heteroatoms. The zero-order valence-electron chi connectivity index (χ0n) is 12.7. The predicted octanol–water partition coefficient (Wildman–Crippen LogP) is 4.71. The standard InChI is InChI=1S/C17H27NO/c1-7-12-19-17(11-9-8-10-14(2)3)15(4)13-16(5)18-6/h8-11,13-14,17H,4,6-7,12H2,1-3,5H3/b10-8-,11-9+,16-13-. The second kappa shape index (κ2) is 10.5. The zero-order chi connectivity index (χ0) is 14.7. The van der Waals surface area contributed by atoms with Crippen molar-refractivity contribution in [3.05, 3.63) is 48.2 Å². The molecule has 0 aliphatic heterocycles. The Bertz CT molecular complexity index is 361. The van der Waals surface area contributed by atoms with Crippen LogP contribution in [0.15, 0.2) is 53.2 Å². The maximum atomic E-state index is 5.78.